The third kappa shape index (κ3) is 4.09. The molecule has 0 aromatic heterocycles. The van der Waals surface area contributed by atoms with Gasteiger partial charge in [-0.3, -0.25) is 9.69 Å². The zero-order chi connectivity index (χ0) is 11.4. The van der Waals surface area contributed by atoms with Crippen LogP contribution < -0.4 is 0 Å². The predicted molar refractivity (Wildman–Crippen MR) is 58.5 cm³/mol. The lowest BCUT2D eigenvalue weighted by Crippen LogP contribution is -2.45. The van der Waals surface area contributed by atoms with Crippen LogP contribution in [0.3, 0.4) is 0 Å². The van der Waals surface area contributed by atoms with Crippen LogP contribution in [0.25, 0.3) is 0 Å². The quantitative estimate of drug-likeness (QED) is 0.717. The van der Waals surface area contributed by atoms with E-state index in [1.54, 1.807) is 0 Å². The average Bonchev–Trinajstić information content (AvgIpc) is 2.12. The first-order valence-electron chi connectivity index (χ1n) is 5.26. The molecule has 14 heavy (non-hydrogen) atoms. The molecule has 0 saturated heterocycles. The average molecular weight is 201 g/mol. The van der Waals surface area contributed by atoms with E-state index in [9.17, 15) is 4.79 Å². The Hall–Kier alpha value is -0.570. The SMILES string of the molecule is CCC(C)(C)N(C)C(C)CCC(=O)O. The van der Waals surface area contributed by atoms with E-state index in [-0.39, 0.29) is 12.0 Å². The van der Waals surface area contributed by atoms with Gasteiger partial charge in [0.05, 0.1) is 0 Å². The number of rotatable bonds is 6. The van der Waals surface area contributed by atoms with E-state index in [0.717, 1.165) is 12.8 Å². The van der Waals surface area contributed by atoms with Crippen molar-refractivity contribution in [3.05, 3.63) is 0 Å². The van der Waals surface area contributed by atoms with Crippen molar-refractivity contribution in [3.63, 3.8) is 0 Å². The van der Waals surface area contributed by atoms with Gasteiger partial charge < -0.3 is 5.11 Å². The monoisotopic (exact) mass is 201 g/mol. The number of nitrogens with zero attached hydrogens (tertiary/aromatic N) is 1. The Morgan fingerprint density at radius 2 is 2.00 bits per heavy atom. The molecule has 3 heteroatoms. The fourth-order valence-electron chi connectivity index (χ4n) is 1.37. The van der Waals surface area contributed by atoms with Gasteiger partial charge >= 0.3 is 5.97 Å². The van der Waals surface area contributed by atoms with Gasteiger partial charge in [0, 0.05) is 18.0 Å². The van der Waals surface area contributed by atoms with Crippen LogP contribution in [-0.2, 0) is 4.79 Å². The summed E-state index contributed by atoms with van der Waals surface area (Å²) in [7, 11) is 2.07. The summed E-state index contributed by atoms with van der Waals surface area (Å²) >= 11 is 0. The highest BCUT2D eigenvalue weighted by Crippen LogP contribution is 2.20. The number of carbonyl (C=O) groups is 1. The first-order chi connectivity index (χ1) is 6.31. The van der Waals surface area contributed by atoms with E-state index >= 15 is 0 Å². The lowest BCUT2D eigenvalue weighted by molar-refractivity contribution is -0.137. The van der Waals surface area contributed by atoms with Crippen molar-refractivity contribution in [1.29, 1.82) is 0 Å². The molecule has 0 heterocycles. The van der Waals surface area contributed by atoms with E-state index in [1.807, 2.05) is 0 Å². The predicted octanol–water partition coefficient (Wildman–Crippen LogP) is 2.36. The fraction of sp³-hybridized carbons (Fsp3) is 0.909. The third-order valence-corrected chi connectivity index (χ3v) is 3.26. The normalized spacial score (nSPS) is 14.4. The topological polar surface area (TPSA) is 40.5 Å². The molecule has 0 aromatic rings. The van der Waals surface area contributed by atoms with E-state index in [0.29, 0.717) is 6.04 Å². The van der Waals surface area contributed by atoms with E-state index < -0.39 is 5.97 Å². The van der Waals surface area contributed by atoms with Gasteiger partial charge in [-0.1, -0.05) is 6.92 Å². The zero-order valence-electron chi connectivity index (χ0n) is 10.0. The molecule has 1 N–H and O–H groups in total. The zero-order valence-corrected chi connectivity index (χ0v) is 10.0. The minimum atomic E-state index is -0.709. The van der Waals surface area contributed by atoms with Crippen LogP contribution in [-0.4, -0.2) is 34.6 Å². The van der Waals surface area contributed by atoms with Crippen LogP contribution in [0.1, 0.15) is 47.0 Å². The second kappa shape index (κ2) is 5.35. The Labute approximate surface area is 87.1 Å². The molecule has 0 amide bonds. The van der Waals surface area contributed by atoms with Gasteiger partial charge in [-0.25, -0.2) is 0 Å². The van der Waals surface area contributed by atoms with Crippen molar-refractivity contribution in [2.75, 3.05) is 7.05 Å². The molecule has 84 valence electrons. The molecule has 0 rings (SSSR count). The van der Waals surface area contributed by atoms with Gasteiger partial charge in [-0.05, 0) is 40.7 Å². The largest absolute Gasteiger partial charge is 0.481 e. The summed E-state index contributed by atoms with van der Waals surface area (Å²) < 4.78 is 0. The van der Waals surface area contributed by atoms with Crippen LogP contribution in [0.2, 0.25) is 0 Å². The minimum absolute atomic E-state index is 0.151. The maximum Gasteiger partial charge on any atom is 0.303 e. The summed E-state index contributed by atoms with van der Waals surface area (Å²) in [5, 5.41) is 8.59. The summed E-state index contributed by atoms with van der Waals surface area (Å²) in [4.78, 5) is 12.7. The molecule has 0 bridgehead atoms. The molecule has 0 fully saturated rings. The van der Waals surface area contributed by atoms with Gasteiger partial charge in [-0.15, -0.1) is 0 Å². The Morgan fingerprint density at radius 3 is 2.36 bits per heavy atom. The van der Waals surface area contributed by atoms with E-state index in [2.05, 4.69) is 39.6 Å². The van der Waals surface area contributed by atoms with Crippen LogP contribution in [0.4, 0.5) is 0 Å². The van der Waals surface area contributed by atoms with Crippen molar-refractivity contribution < 1.29 is 9.90 Å². The Kier molecular flexibility index (Phi) is 5.13. The highest BCUT2D eigenvalue weighted by molar-refractivity contribution is 5.66. The van der Waals surface area contributed by atoms with E-state index in [4.69, 9.17) is 5.11 Å². The molecule has 0 radical (unpaired) electrons. The molecule has 1 atom stereocenters. The summed E-state index contributed by atoms with van der Waals surface area (Å²) in [6.07, 6.45) is 2.04. The number of carboxylic acid groups (broad SMARTS) is 1. The van der Waals surface area contributed by atoms with Crippen LogP contribution in [0.15, 0.2) is 0 Å². The highest BCUT2D eigenvalue weighted by atomic mass is 16.4. The van der Waals surface area contributed by atoms with Crippen LogP contribution >= 0.6 is 0 Å². The minimum Gasteiger partial charge on any atom is -0.481 e. The maximum absolute atomic E-state index is 10.4. The summed E-state index contributed by atoms with van der Waals surface area (Å²) in [6.45, 7) is 8.61. The molecule has 0 spiro atoms. The van der Waals surface area contributed by atoms with Gasteiger partial charge in [0.25, 0.3) is 0 Å². The number of carboxylic acids is 1. The van der Waals surface area contributed by atoms with Gasteiger partial charge in [-0.2, -0.15) is 0 Å². The Bertz CT molecular complexity index is 190. The van der Waals surface area contributed by atoms with Crippen molar-refractivity contribution in [2.24, 2.45) is 0 Å². The molecule has 0 aliphatic carbocycles. The first kappa shape index (κ1) is 13.4. The molecule has 1 unspecified atom stereocenters. The standard InChI is InChI=1S/C11H23NO2/c1-6-11(3,4)12(5)9(2)7-8-10(13)14/h9H,6-8H2,1-5H3,(H,13,14). The molecule has 0 aliphatic rings. The summed E-state index contributed by atoms with van der Waals surface area (Å²) in [6, 6.07) is 0.320. The highest BCUT2D eigenvalue weighted by Gasteiger charge is 2.25. The molecular formula is C11H23NO2. The maximum atomic E-state index is 10.4. The molecular weight excluding hydrogens is 178 g/mol. The molecule has 0 aromatic carbocycles. The number of hydrogen-bond donors (Lipinski definition) is 1. The lowest BCUT2D eigenvalue weighted by atomic mass is 9.97. The van der Waals surface area contributed by atoms with Crippen molar-refractivity contribution in [1.82, 2.24) is 4.90 Å². The van der Waals surface area contributed by atoms with Crippen molar-refractivity contribution in [3.8, 4) is 0 Å². The smallest absolute Gasteiger partial charge is 0.303 e. The van der Waals surface area contributed by atoms with Crippen LogP contribution in [0, 0.1) is 0 Å². The number of hydrogen-bond acceptors (Lipinski definition) is 2. The summed E-state index contributed by atoms with van der Waals surface area (Å²) in [5.74, 6) is -0.709. The fourth-order valence-corrected chi connectivity index (χ4v) is 1.37. The van der Waals surface area contributed by atoms with Gasteiger partial charge in [0.15, 0.2) is 0 Å². The lowest BCUT2D eigenvalue weighted by Gasteiger charge is -2.39. The van der Waals surface area contributed by atoms with E-state index in [1.165, 1.54) is 0 Å². The van der Waals surface area contributed by atoms with Crippen molar-refractivity contribution >= 4 is 5.97 Å². The Morgan fingerprint density at radius 1 is 1.50 bits per heavy atom. The van der Waals surface area contributed by atoms with Crippen LogP contribution in [0.5, 0.6) is 0 Å². The van der Waals surface area contributed by atoms with Gasteiger partial charge in [0.1, 0.15) is 0 Å². The first-order valence-corrected chi connectivity index (χ1v) is 5.26. The second-order valence-corrected chi connectivity index (χ2v) is 4.56. The molecule has 3 nitrogen and oxygen atoms in total. The molecule has 0 saturated carbocycles. The van der Waals surface area contributed by atoms with Crippen molar-refractivity contribution in [2.45, 2.75) is 58.5 Å². The summed E-state index contributed by atoms with van der Waals surface area (Å²) in [5.41, 5.74) is 0.151. The third-order valence-electron chi connectivity index (χ3n) is 3.26. The number of aliphatic carboxylic acids is 1. The Balaban J connectivity index is 4.11. The van der Waals surface area contributed by atoms with Gasteiger partial charge in [0.2, 0.25) is 0 Å². The second-order valence-electron chi connectivity index (χ2n) is 4.56. The molecule has 0 aliphatic heterocycles.